The summed E-state index contributed by atoms with van der Waals surface area (Å²) in [5.41, 5.74) is 12.4. The zero-order valence-electron chi connectivity index (χ0n) is 20.8. The van der Waals surface area contributed by atoms with E-state index in [4.69, 9.17) is 23.1 Å². The van der Waals surface area contributed by atoms with Crippen molar-refractivity contribution in [2.24, 2.45) is 28.7 Å². The van der Waals surface area contributed by atoms with Gasteiger partial charge in [-0.1, -0.05) is 36.9 Å². The highest BCUT2D eigenvalue weighted by atomic mass is 35.5. The molecule has 198 valence electrons. The number of carbonyl (C=O) groups excluding carboxylic acids is 4. The van der Waals surface area contributed by atoms with E-state index in [1.54, 1.807) is 18.2 Å². The van der Waals surface area contributed by atoms with Gasteiger partial charge in [-0.15, -0.1) is 0 Å². The molecule has 37 heavy (non-hydrogen) atoms. The molecule has 2 aliphatic heterocycles. The lowest BCUT2D eigenvalue weighted by molar-refractivity contribution is -0.131. The third kappa shape index (κ3) is 4.69. The standard InChI is InChI=1S/C27H34ClN5O4/c28-17-7-6-15-12-20(32-19(15)13-17)26(37)33-21(24(30)35)14-27(8-2-1-3-9-27)22(33)18(23(29)34)11-16-5-4-10-31-25(16)36/h6-7,12-13,16,18,21-22,32H,1-5,8-11,14H2,(H2,29,34)(H2,30,35)(H,31,36)/t16-,18-,21?,22?/m0/s1. The quantitative estimate of drug-likeness (QED) is 0.456. The van der Waals surface area contributed by atoms with Crippen LogP contribution >= 0.6 is 11.6 Å². The van der Waals surface area contributed by atoms with Gasteiger partial charge < -0.3 is 26.7 Å². The fourth-order valence-electron chi connectivity index (χ4n) is 7.10. The van der Waals surface area contributed by atoms with Crippen molar-refractivity contribution in [3.8, 4) is 0 Å². The summed E-state index contributed by atoms with van der Waals surface area (Å²) in [6, 6.07) is 5.52. The lowest BCUT2D eigenvalue weighted by atomic mass is 9.64. The van der Waals surface area contributed by atoms with Crippen LogP contribution in [0.3, 0.4) is 0 Å². The van der Waals surface area contributed by atoms with Crippen molar-refractivity contribution in [3.05, 3.63) is 35.0 Å². The Labute approximate surface area is 220 Å². The molecule has 2 aromatic rings. The molecule has 3 aliphatic rings. The van der Waals surface area contributed by atoms with E-state index >= 15 is 0 Å². The third-order valence-corrected chi connectivity index (χ3v) is 9.01. The van der Waals surface area contributed by atoms with Crippen LogP contribution in [0, 0.1) is 17.3 Å². The number of likely N-dealkylation sites (tertiary alicyclic amines) is 1. The van der Waals surface area contributed by atoms with Gasteiger partial charge >= 0.3 is 0 Å². The molecule has 1 spiro atoms. The van der Waals surface area contributed by atoms with E-state index < -0.39 is 41.1 Å². The van der Waals surface area contributed by atoms with Crippen LogP contribution in [0.2, 0.25) is 5.02 Å². The van der Waals surface area contributed by atoms with Gasteiger partial charge in [0.05, 0.1) is 12.0 Å². The maximum atomic E-state index is 14.2. The number of rotatable bonds is 6. The van der Waals surface area contributed by atoms with Crippen LogP contribution in [0.1, 0.15) is 68.3 Å². The zero-order valence-corrected chi connectivity index (χ0v) is 21.6. The molecule has 0 radical (unpaired) electrons. The smallest absolute Gasteiger partial charge is 0.271 e. The molecule has 2 saturated heterocycles. The number of nitrogens with zero attached hydrogens (tertiary/aromatic N) is 1. The minimum atomic E-state index is -0.868. The Bertz CT molecular complexity index is 1240. The first-order valence-electron chi connectivity index (χ1n) is 13.2. The molecular weight excluding hydrogens is 494 g/mol. The maximum absolute atomic E-state index is 14.2. The molecule has 2 unspecified atom stereocenters. The van der Waals surface area contributed by atoms with E-state index in [1.165, 1.54) is 4.90 Å². The topological polar surface area (TPSA) is 151 Å². The lowest BCUT2D eigenvalue weighted by Crippen LogP contribution is -2.56. The van der Waals surface area contributed by atoms with Gasteiger partial charge in [0, 0.05) is 28.4 Å². The summed E-state index contributed by atoms with van der Waals surface area (Å²) in [6.07, 6.45) is 6.58. The molecule has 9 nitrogen and oxygen atoms in total. The van der Waals surface area contributed by atoms with Crippen molar-refractivity contribution in [2.75, 3.05) is 6.54 Å². The Morgan fingerprint density at radius 2 is 1.86 bits per heavy atom. The van der Waals surface area contributed by atoms with Crippen molar-refractivity contribution in [1.29, 1.82) is 0 Å². The van der Waals surface area contributed by atoms with Gasteiger partial charge in [-0.05, 0) is 62.1 Å². The highest BCUT2D eigenvalue weighted by molar-refractivity contribution is 6.31. The fraction of sp³-hybridized carbons (Fsp3) is 0.556. The van der Waals surface area contributed by atoms with Crippen LogP contribution < -0.4 is 16.8 Å². The Hall–Kier alpha value is -3.07. The Morgan fingerprint density at radius 3 is 2.54 bits per heavy atom. The molecule has 6 N–H and O–H groups in total. The van der Waals surface area contributed by atoms with E-state index in [1.807, 2.05) is 6.07 Å². The minimum absolute atomic E-state index is 0.0926. The first-order valence-corrected chi connectivity index (χ1v) is 13.6. The number of carbonyl (C=O) groups is 4. The minimum Gasteiger partial charge on any atom is -0.369 e. The van der Waals surface area contributed by atoms with Crippen LogP contribution in [-0.4, -0.2) is 52.1 Å². The Kier molecular flexibility index (Phi) is 6.91. The number of amides is 4. The molecule has 4 atom stereocenters. The van der Waals surface area contributed by atoms with Gasteiger partial charge in [0.1, 0.15) is 11.7 Å². The summed E-state index contributed by atoms with van der Waals surface area (Å²) in [7, 11) is 0. The van der Waals surface area contributed by atoms with E-state index in [2.05, 4.69) is 10.3 Å². The summed E-state index contributed by atoms with van der Waals surface area (Å²) in [4.78, 5) is 57.3. The lowest BCUT2D eigenvalue weighted by Gasteiger charge is -2.44. The number of hydrogen-bond donors (Lipinski definition) is 4. The van der Waals surface area contributed by atoms with Crippen LogP contribution in [0.5, 0.6) is 0 Å². The molecule has 1 aliphatic carbocycles. The number of H-pyrrole nitrogens is 1. The molecule has 1 saturated carbocycles. The number of piperidine rings is 1. The fourth-order valence-corrected chi connectivity index (χ4v) is 7.27. The van der Waals surface area contributed by atoms with Crippen molar-refractivity contribution < 1.29 is 19.2 Å². The zero-order chi connectivity index (χ0) is 26.3. The number of halogens is 1. The summed E-state index contributed by atoms with van der Waals surface area (Å²) in [5.74, 6) is -2.79. The number of nitrogens with one attached hydrogen (secondary N) is 2. The number of benzene rings is 1. The maximum Gasteiger partial charge on any atom is 0.271 e. The number of fused-ring (bicyclic) bond motifs is 1. The van der Waals surface area contributed by atoms with E-state index in [-0.39, 0.29) is 18.2 Å². The van der Waals surface area contributed by atoms with E-state index in [0.717, 1.165) is 43.9 Å². The molecular formula is C27H34ClN5O4. The second-order valence-electron chi connectivity index (χ2n) is 11.0. The van der Waals surface area contributed by atoms with Gasteiger partial charge in [-0.3, -0.25) is 19.2 Å². The largest absolute Gasteiger partial charge is 0.369 e. The molecule has 3 fully saturated rings. The van der Waals surface area contributed by atoms with Gasteiger partial charge in [-0.25, -0.2) is 0 Å². The molecule has 1 aromatic heterocycles. The van der Waals surface area contributed by atoms with Crippen LogP contribution in [0.15, 0.2) is 24.3 Å². The average molecular weight is 528 g/mol. The Morgan fingerprint density at radius 1 is 1.11 bits per heavy atom. The normalized spacial score (nSPS) is 26.2. The summed E-state index contributed by atoms with van der Waals surface area (Å²) >= 11 is 6.14. The molecule has 4 amide bonds. The first kappa shape index (κ1) is 25.6. The van der Waals surface area contributed by atoms with Gasteiger partial charge in [0.2, 0.25) is 17.7 Å². The summed E-state index contributed by atoms with van der Waals surface area (Å²) < 4.78 is 0. The number of hydrogen-bond acceptors (Lipinski definition) is 4. The monoisotopic (exact) mass is 527 g/mol. The van der Waals surface area contributed by atoms with Gasteiger partial charge in [0.25, 0.3) is 5.91 Å². The molecule has 0 bridgehead atoms. The van der Waals surface area contributed by atoms with E-state index in [9.17, 15) is 19.2 Å². The van der Waals surface area contributed by atoms with Crippen LogP contribution in [0.4, 0.5) is 0 Å². The summed E-state index contributed by atoms with van der Waals surface area (Å²) in [5, 5.41) is 4.22. The summed E-state index contributed by atoms with van der Waals surface area (Å²) in [6.45, 7) is 0.614. The average Bonchev–Trinajstić information content (AvgIpc) is 3.42. The van der Waals surface area contributed by atoms with Crippen LogP contribution in [0.25, 0.3) is 10.9 Å². The second kappa shape index (κ2) is 10.0. The predicted octanol–water partition coefficient (Wildman–Crippen LogP) is 2.86. The molecule has 10 heteroatoms. The van der Waals surface area contributed by atoms with Crippen molar-refractivity contribution in [2.45, 2.75) is 69.9 Å². The van der Waals surface area contributed by atoms with Crippen molar-refractivity contribution >= 4 is 46.1 Å². The molecule has 5 rings (SSSR count). The van der Waals surface area contributed by atoms with E-state index in [0.29, 0.717) is 35.6 Å². The number of aromatic nitrogens is 1. The molecule has 3 heterocycles. The number of aromatic amines is 1. The van der Waals surface area contributed by atoms with Crippen molar-refractivity contribution in [3.63, 3.8) is 0 Å². The predicted molar refractivity (Wildman–Crippen MR) is 139 cm³/mol. The third-order valence-electron chi connectivity index (χ3n) is 8.77. The van der Waals surface area contributed by atoms with Crippen LogP contribution in [-0.2, 0) is 14.4 Å². The number of primary amides is 2. The number of nitrogens with two attached hydrogens (primary N) is 2. The SMILES string of the molecule is NC(=O)C1CC2(CCCCC2)C([C@H](C[C@@H]2CCCNC2=O)C(N)=O)N1C(=O)c1cc2ccc(Cl)cc2[nH]1. The van der Waals surface area contributed by atoms with Crippen molar-refractivity contribution in [1.82, 2.24) is 15.2 Å². The Balaban J connectivity index is 1.59. The first-order chi connectivity index (χ1) is 17.7. The second-order valence-corrected chi connectivity index (χ2v) is 11.4. The molecule has 1 aromatic carbocycles. The highest BCUT2D eigenvalue weighted by Gasteiger charge is 2.59. The van der Waals surface area contributed by atoms with Gasteiger partial charge in [-0.2, -0.15) is 0 Å². The van der Waals surface area contributed by atoms with Gasteiger partial charge in [0.15, 0.2) is 0 Å². The highest BCUT2D eigenvalue weighted by Crippen LogP contribution is 2.54.